The van der Waals surface area contributed by atoms with Crippen LogP contribution < -0.4 is 16.0 Å². The van der Waals surface area contributed by atoms with Gasteiger partial charge in [0.25, 0.3) is 5.69 Å². The van der Waals surface area contributed by atoms with Crippen LogP contribution in [0.4, 0.5) is 15.1 Å². The maximum atomic E-state index is 13.5. The number of nitrogen functional groups attached to an aromatic ring is 1. The number of anilines is 1. The predicted octanol–water partition coefficient (Wildman–Crippen LogP) is 1.45. The number of nitrogens with one attached hydrogen (secondary N) is 1. The number of ether oxygens (including phenoxy) is 1. The van der Waals surface area contributed by atoms with E-state index in [0.717, 1.165) is 23.7 Å². The van der Waals surface area contributed by atoms with Gasteiger partial charge in [-0.2, -0.15) is 0 Å². The number of nitro benzene ring substituents is 1. The Hall–Kier alpha value is -2.33. The van der Waals surface area contributed by atoms with Crippen LogP contribution in [0.5, 0.6) is 5.75 Å². The summed E-state index contributed by atoms with van der Waals surface area (Å²) >= 11 is 1.03. The molecule has 0 saturated carbocycles. The molecule has 0 aliphatic rings. The molecule has 0 saturated heterocycles. The summed E-state index contributed by atoms with van der Waals surface area (Å²) in [5.41, 5.74) is 2.46. The summed E-state index contributed by atoms with van der Waals surface area (Å²) in [5, 5.41) is 14.7. The maximum absolute atomic E-state index is 13.5. The van der Waals surface area contributed by atoms with Crippen LogP contribution in [-0.2, 0) is 6.61 Å². The Morgan fingerprint density at radius 3 is 3.00 bits per heavy atom. The van der Waals surface area contributed by atoms with Gasteiger partial charge in [-0.15, -0.1) is 5.10 Å². The van der Waals surface area contributed by atoms with Crippen molar-refractivity contribution in [1.82, 2.24) is 9.59 Å². The van der Waals surface area contributed by atoms with E-state index < -0.39 is 10.7 Å². The fourth-order valence-electron chi connectivity index (χ4n) is 1.28. The van der Waals surface area contributed by atoms with Crippen molar-refractivity contribution in [3.8, 4) is 5.75 Å². The minimum Gasteiger partial charge on any atom is -0.484 e. The highest BCUT2D eigenvalue weighted by molar-refractivity contribution is 7.10. The van der Waals surface area contributed by atoms with Crippen molar-refractivity contribution in [2.45, 2.75) is 6.61 Å². The topological polar surface area (TPSA) is 116 Å². The molecule has 0 radical (unpaired) electrons. The lowest BCUT2D eigenvalue weighted by atomic mass is 10.3. The van der Waals surface area contributed by atoms with Gasteiger partial charge in [-0.25, -0.2) is 10.2 Å². The Morgan fingerprint density at radius 2 is 2.37 bits per heavy atom. The minimum atomic E-state index is -0.820. The second kappa shape index (κ2) is 5.54. The van der Waals surface area contributed by atoms with Gasteiger partial charge in [0.05, 0.1) is 11.0 Å². The van der Waals surface area contributed by atoms with Gasteiger partial charge >= 0.3 is 0 Å². The second-order valence-corrected chi connectivity index (χ2v) is 4.11. The van der Waals surface area contributed by atoms with Crippen molar-refractivity contribution >= 4 is 22.2 Å². The third-order valence-electron chi connectivity index (χ3n) is 2.18. The molecule has 0 fully saturated rings. The van der Waals surface area contributed by atoms with Gasteiger partial charge in [-0.1, -0.05) is 4.49 Å². The third-order valence-corrected chi connectivity index (χ3v) is 2.88. The number of nitro groups is 1. The highest BCUT2D eigenvalue weighted by atomic mass is 32.1. The van der Waals surface area contributed by atoms with Crippen LogP contribution in [-0.4, -0.2) is 14.5 Å². The molecule has 0 atom stereocenters. The summed E-state index contributed by atoms with van der Waals surface area (Å²) in [4.78, 5) is 9.76. The third kappa shape index (κ3) is 2.92. The number of halogens is 1. The van der Waals surface area contributed by atoms with E-state index in [4.69, 9.17) is 10.6 Å². The van der Waals surface area contributed by atoms with E-state index in [2.05, 4.69) is 15.0 Å². The number of non-ortho nitro benzene ring substituents is 1. The standard InChI is InChI=1S/C9H8FN5O3S/c10-6-3-5(15(16)17)1-2-8(6)18-4-7-9(12-11)19-14-13-7/h1-3,12H,4,11H2. The first kappa shape index (κ1) is 13.1. The summed E-state index contributed by atoms with van der Waals surface area (Å²) in [6.45, 7) is -0.0508. The van der Waals surface area contributed by atoms with Gasteiger partial charge in [-0.3, -0.25) is 10.1 Å². The fourth-order valence-corrected chi connectivity index (χ4v) is 1.76. The van der Waals surface area contributed by atoms with E-state index in [9.17, 15) is 14.5 Å². The zero-order valence-corrected chi connectivity index (χ0v) is 10.2. The van der Waals surface area contributed by atoms with E-state index in [0.29, 0.717) is 10.7 Å². The van der Waals surface area contributed by atoms with Gasteiger partial charge in [-0.05, 0) is 6.07 Å². The van der Waals surface area contributed by atoms with Crippen LogP contribution in [0.25, 0.3) is 0 Å². The molecule has 0 unspecified atom stereocenters. The number of hydrogen-bond acceptors (Lipinski definition) is 8. The molecule has 0 spiro atoms. The van der Waals surface area contributed by atoms with Crippen LogP contribution in [0.2, 0.25) is 0 Å². The van der Waals surface area contributed by atoms with Crippen LogP contribution >= 0.6 is 11.5 Å². The van der Waals surface area contributed by atoms with Crippen molar-refractivity contribution < 1.29 is 14.1 Å². The van der Waals surface area contributed by atoms with Crippen molar-refractivity contribution in [2.75, 3.05) is 5.43 Å². The van der Waals surface area contributed by atoms with Gasteiger partial charge in [0.1, 0.15) is 12.3 Å². The zero-order chi connectivity index (χ0) is 13.8. The molecule has 10 heteroatoms. The average molecular weight is 285 g/mol. The van der Waals surface area contributed by atoms with Gasteiger partial charge in [0, 0.05) is 17.6 Å². The number of hydrazine groups is 1. The van der Waals surface area contributed by atoms with E-state index in [1.54, 1.807) is 0 Å². The molecule has 8 nitrogen and oxygen atoms in total. The number of nitrogens with zero attached hydrogens (tertiary/aromatic N) is 3. The molecule has 0 aliphatic carbocycles. The molecule has 100 valence electrons. The van der Waals surface area contributed by atoms with E-state index in [1.807, 2.05) is 0 Å². The molecule has 0 bridgehead atoms. The monoisotopic (exact) mass is 285 g/mol. The quantitative estimate of drug-likeness (QED) is 0.485. The van der Waals surface area contributed by atoms with E-state index in [1.165, 1.54) is 6.07 Å². The Balaban J connectivity index is 2.10. The molecule has 1 aromatic heterocycles. The zero-order valence-electron chi connectivity index (χ0n) is 9.37. The van der Waals surface area contributed by atoms with Crippen LogP contribution in [0, 0.1) is 15.9 Å². The Bertz CT molecular complexity index is 605. The van der Waals surface area contributed by atoms with Gasteiger partial charge < -0.3 is 10.2 Å². The number of nitrogens with two attached hydrogens (primary N) is 1. The number of benzene rings is 1. The summed E-state index contributed by atoms with van der Waals surface area (Å²) in [6.07, 6.45) is 0. The largest absolute Gasteiger partial charge is 0.484 e. The van der Waals surface area contributed by atoms with E-state index >= 15 is 0 Å². The minimum absolute atomic E-state index is 0.0508. The molecule has 0 aliphatic heterocycles. The van der Waals surface area contributed by atoms with Crippen LogP contribution in [0.3, 0.4) is 0 Å². The molecular weight excluding hydrogens is 277 g/mol. The first-order chi connectivity index (χ1) is 9.11. The molecule has 1 heterocycles. The fraction of sp³-hybridized carbons (Fsp3) is 0.111. The molecule has 3 N–H and O–H groups in total. The normalized spacial score (nSPS) is 10.2. The lowest BCUT2D eigenvalue weighted by Gasteiger charge is -2.06. The molecule has 2 aromatic rings. The number of hydrogen-bond donors (Lipinski definition) is 2. The van der Waals surface area contributed by atoms with Crippen molar-refractivity contribution in [3.63, 3.8) is 0 Å². The smallest absolute Gasteiger partial charge is 0.272 e. The Labute approximate surface area is 110 Å². The predicted molar refractivity (Wildman–Crippen MR) is 65.1 cm³/mol. The highest BCUT2D eigenvalue weighted by Crippen LogP contribution is 2.24. The molecule has 1 aromatic carbocycles. The SMILES string of the molecule is NNc1snnc1COc1ccc([N+](=O)[O-])cc1F. The van der Waals surface area contributed by atoms with Crippen LogP contribution in [0.1, 0.15) is 5.69 Å². The van der Waals surface area contributed by atoms with Crippen LogP contribution in [0.15, 0.2) is 18.2 Å². The molecule has 2 rings (SSSR count). The lowest BCUT2D eigenvalue weighted by molar-refractivity contribution is -0.385. The first-order valence-electron chi connectivity index (χ1n) is 4.96. The highest BCUT2D eigenvalue weighted by Gasteiger charge is 2.13. The first-order valence-corrected chi connectivity index (χ1v) is 5.73. The summed E-state index contributed by atoms with van der Waals surface area (Å²) in [6, 6.07) is 3.12. The van der Waals surface area contributed by atoms with Crippen molar-refractivity contribution in [1.29, 1.82) is 0 Å². The summed E-state index contributed by atoms with van der Waals surface area (Å²) in [7, 11) is 0. The number of aromatic nitrogens is 2. The van der Waals surface area contributed by atoms with Gasteiger partial charge in [0.2, 0.25) is 0 Å². The molecule has 19 heavy (non-hydrogen) atoms. The maximum Gasteiger partial charge on any atom is 0.272 e. The summed E-state index contributed by atoms with van der Waals surface area (Å²) in [5.74, 6) is 4.29. The van der Waals surface area contributed by atoms with Crippen molar-refractivity contribution in [2.24, 2.45) is 5.84 Å². The number of rotatable bonds is 5. The summed E-state index contributed by atoms with van der Waals surface area (Å²) < 4.78 is 22.3. The van der Waals surface area contributed by atoms with Crippen molar-refractivity contribution in [3.05, 3.63) is 39.8 Å². The second-order valence-electron chi connectivity index (χ2n) is 3.35. The average Bonchev–Trinajstić information content (AvgIpc) is 2.84. The van der Waals surface area contributed by atoms with E-state index in [-0.39, 0.29) is 18.0 Å². The lowest BCUT2D eigenvalue weighted by Crippen LogP contribution is -2.09. The molecular formula is C9H8FN5O3S. The van der Waals surface area contributed by atoms with Gasteiger partial charge in [0.15, 0.2) is 16.6 Å². The Morgan fingerprint density at radius 1 is 1.58 bits per heavy atom. The molecule has 0 amide bonds. The Kier molecular flexibility index (Phi) is 3.82.